The maximum atomic E-state index is 14.0. The summed E-state index contributed by atoms with van der Waals surface area (Å²) in [7, 11) is 0. The highest BCUT2D eigenvalue weighted by molar-refractivity contribution is 7.16. The Morgan fingerprint density at radius 1 is 1.09 bits per heavy atom. The largest absolute Gasteiger partial charge is 0.381 e. The lowest BCUT2D eigenvalue weighted by atomic mass is 9.63. The number of anilines is 2. The summed E-state index contributed by atoms with van der Waals surface area (Å²) >= 11 is 1.16. The summed E-state index contributed by atoms with van der Waals surface area (Å²) in [5, 5.41) is 3.38. The number of thiazole rings is 1. The number of amides is 2. The monoisotopic (exact) mass is 490 g/mol. The number of aromatic nitrogens is 2. The van der Waals surface area contributed by atoms with E-state index in [9.17, 15) is 18.4 Å². The molecule has 10 heteroatoms. The van der Waals surface area contributed by atoms with Crippen molar-refractivity contribution in [2.24, 2.45) is 11.3 Å². The summed E-state index contributed by atoms with van der Waals surface area (Å²) in [6.07, 6.45) is 7.82. The lowest BCUT2D eigenvalue weighted by molar-refractivity contribution is -0.124. The van der Waals surface area contributed by atoms with Crippen molar-refractivity contribution in [1.29, 1.82) is 0 Å². The van der Waals surface area contributed by atoms with Gasteiger partial charge in [0.2, 0.25) is 17.8 Å². The molecule has 2 amide bonds. The molecule has 2 aromatic rings. The summed E-state index contributed by atoms with van der Waals surface area (Å²) in [5.41, 5.74) is 0.477. The van der Waals surface area contributed by atoms with Crippen LogP contribution in [0.15, 0.2) is 12.1 Å². The molecule has 2 saturated carbocycles. The quantitative estimate of drug-likeness (QED) is 0.616. The van der Waals surface area contributed by atoms with E-state index in [0.717, 1.165) is 49.2 Å². The second-order valence-electron chi connectivity index (χ2n) is 9.57. The Balaban J connectivity index is 1.44. The SMILES string of the molecule is Cc1sc(N(C(=O)C2CCOCC2)c2cc(F)nc(F)c2)nc1C(=O)N[C@H]1CCC12CCCC2. The zero-order chi connectivity index (χ0) is 23.9. The van der Waals surface area contributed by atoms with E-state index in [-0.39, 0.29) is 45.7 Å². The van der Waals surface area contributed by atoms with E-state index in [2.05, 4.69) is 15.3 Å². The second kappa shape index (κ2) is 9.30. The number of halogens is 2. The third kappa shape index (κ3) is 4.33. The van der Waals surface area contributed by atoms with Crippen LogP contribution in [0.4, 0.5) is 19.6 Å². The summed E-state index contributed by atoms with van der Waals surface area (Å²) in [5.74, 6) is -3.01. The highest BCUT2D eigenvalue weighted by atomic mass is 32.1. The van der Waals surface area contributed by atoms with E-state index in [0.29, 0.717) is 30.9 Å². The summed E-state index contributed by atoms with van der Waals surface area (Å²) in [4.78, 5) is 36.1. The molecule has 0 bridgehead atoms. The van der Waals surface area contributed by atoms with Gasteiger partial charge in [-0.1, -0.05) is 12.8 Å². The molecular weight excluding hydrogens is 462 g/mol. The lowest BCUT2D eigenvalue weighted by Gasteiger charge is -2.47. The van der Waals surface area contributed by atoms with Crippen molar-refractivity contribution in [3.8, 4) is 0 Å². The molecule has 1 saturated heterocycles. The fourth-order valence-electron chi connectivity index (χ4n) is 5.56. The van der Waals surface area contributed by atoms with Gasteiger partial charge in [0.25, 0.3) is 5.91 Å². The fourth-order valence-corrected chi connectivity index (χ4v) is 6.49. The molecule has 5 rings (SSSR count). The Kier molecular flexibility index (Phi) is 6.37. The molecular formula is C24H28F2N4O3S. The first-order valence-electron chi connectivity index (χ1n) is 11.9. The fraction of sp³-hybridized carbons (Fsp3) is 0.583. The molecule has 1 spiro atoms. The molecule has 1 atom stereocenters. The van der Waals surface area contributed by atoms with Crippen LogP contribution in [-0.2, 0) is 9.53 Å². The van der Waals surface area contributed by atoms with E-state index in [1.54, 1.807) is 6.92 Å². The Bertz CT molecular complexity index is 1080. The molecule has 1 aliphatic heterocycles. The van der Waals surface area contributed by atoms with Crippen LogP contribution in [0.5, 0.6) is 0 Å². The smallest absolute Gasteiger partial charge is 0.271 e. The van der Waals surface area contributed by atoms with Gasteiger partial charge in [-0.2, -0.15) is 13.8 Å². The van der Waals surface area contributed by atoms with Crippen LogP contribution in [-0.4, -0.2) is 41.0 Å². The molecule has 2 aliphatic carbocycles. The molecule has 2 aromatic heterocycles. The number of hydrogen-bond acceptors (Lipinski definition) is 6. The van der Waals surface area contributed by atoms with Crippen molar-refractivity contribution >= 4 is 34.0 Å². The van der Waals surface area contributed by atoms with Gasteiger partial charge in [-0.3, -0.25) is 14.5 Å². The Morgan fingerprint density at radius 2 is 1.76 bits per heavy atom. The predicted molar refractivity (Wildman–Crippen MR) is 123 cm³/mol. The number of pyridine rings is 1. The number of carbonyl (C=O) groups excluding carboxylic acids is 2. The van der Waals surface area contributed by atoms with Gasteiger partial charge >= 0.3 is 0 Å². The first kappa shape index (κ1) is 23.3. The standard InChI is InChI=1S/C24H28F2N4O3S/c1-14-20(21(31)27-17-4-9-24(17)7-2-3-8-24)29-23(34-14)30(16-12-18(25)28-19(26)13-16)22(32)15-5-10-33-11-6-15/h12-13,15,17H,2-11H2,1H3,(H,27,31)/t17-/m0/s1. The third-order valence-electron chi connectivity index (χ3n) is 7.56. The van der Waals surface area contributed by atoms with Gasteiger partial charge in [0.1, 0.15) is 5.69 Å². The third-order valence-corrected chi connectivity index (χ3v) is 8.52. The van der Waals surface area contributed by atoms with Crippen LogP contribution in [0.1, 0.15) is 66.7 Å². The maximum Gasteiger partial charge on any atom is 0.271 e. The minimum atomic E-state index is -1.03. The molecule has 0 radical (unpaired) electrons. The minimum absolute atomic E-state index is 0.00565. The number of carbonyl (C=O) groups is 2. The Hall–Kier alpha value is -2.46. The van der Waals surface area contributed by atoms with Gasteiger partial charge in [0, 0.05) is 42.2 Å². The first-order chi connectivity index (χ1) is 16.4. The van der Waals surface area contributed by atoms with Gasteiger partial charge in [-0.25, -0.2) is 4.98 Å². The summed E-state index contributed by atoms with van der Waals surface area (Å²) < 4.78 is 33.3. The van der Waals surface area contributed by atoms with Crippen molar-refractivity contribution in [2.45, 2.75) is 64.3 Å². The molecule has 3 heterocycles. The van der Waals surface area contributed by atoms with Crippen molar-refractivity contribution in [3.63, 3.8) is 0 Å². The van der Waals surface area contributed by atoms with Crippen molar-refractivity contribution in [2.75, 3.05) is 18.1 Å². The number of rotatable bonds is 5. The molecule has 34 heavy (non-hydrogen) atoms. The minimum Gasteiger partial charge on any atom is -0.381 e. The van der Waals surface area contributed by atoms with Gasteiger partial charge in [0.05, 0.1) is 5.69 Å². The highest BCUT2D eigenvalue weighted by Crippen LogP contribution is 2.53. The Morgan fingerprint density at radius 3 is 2.38 bits per heavy atom. The van der Waals surface area contributed by atoms with Crippen LogP contribution in [0.2, 0.25) is 0 Å². The molecule has 3 aliphatic rings. The van der Waals surface area contributed by atoms with Crippen LogP contribution >= 0.6 is 11.3 Å². The van der Waals surface area contributed by atoms with Crippen LogP contribution in [0.25, 0.3) is 0 Å². The van der Waals surface area contributed by atoms with Crippen LogP contribution in [0.3, 0.4) is 0 Å². The number of ether oxygens (including phenoxy) is 1. The molecule has 0 aromatic carbocycles. The zero-order valence-corrected chi connectivity index (χ0v) is 19.9. The summed E-state index contributed by atoms with van der Waals surface area (Å²) in [6.45, 7) is 2.65. The normalized spacial score (nSPS) is 21.9. The first-order valence-corrected chi connectivity index (χ1v) is 12.7. The Labute approximate surface area is 200 Å². The predicted octanol–water partition coefficient (Wildman–Crippen LogP) is 4.67. The van der Waals surface area contributed by atoms with Gasteiger partial charge in [-0.15, -0.1) is 11.3 Å². The average Bonchev–Trinajstić information content (AvgIpc) is 3.46. The van der Waals surface area contributed by atoms with Crippen molar-refractivity contribution in [3.05, 3.63) is 34.6 Å². The van der Waals surface area contributed by atoms with E-state index >= 15 is 0 Å². The number of aryl methyl sites for hydroxylation is 1. The average molecular weight is 491 g/mol. The van der Waals surface area contributed by atoms with Crippen molar-refractivity contribution < 1.29 is 23.1 Å². The lowest BCUT2D eigenvalue weighted by Crippen LogP contribution is -2.54. The van der Waals surface area contributed by atoms with E-state index in [4.69, 9.17) is 4.74 Å². The molecule has 1 N–H and O–H groups in total. The molecule has 3 fully saturated rings. The van der Waals surface area contributed by atoms with Crippen LogP contribution < -0.4 is 10.2 Å². The molecule has 0 unspecified atom stereocenters. The van der Waals surface area contributed by atoms with E-state index in [1.165, 1.54) is 17.7 Å². The summed E-state index contributed by atoms with van der Waals surface area (Å²) in [6, 6.07) is 2.17. The van der Waals surface area contributed by atoms with Crippen molar-refractivity contribution in [1.82, 2.24) is 15.3 Å². The van der Waals surface area contributed by atoms with Crippen LogP contribution in [0, 0.1) is 30.2 Å². The number of hydrogen-bond donors (Lipinski definition) is 1. The number of nitrogens with one attached hydrogen (secondary N) is 1. The zero-order valence-electron chi connectivity index (χ0n) is 19.1. The highest BCUT2D eigenvalue weighted by Gasteiger charge is 2.49. The van der Waals surface area contributed by atoms with Gasteiger partial charge < -0.3 is 10.1 Å². The van der Waals surface area contributed by atoms with Gasteiger partial charge in [0.15, 0.2) is 5.13 Å². The van der Waals surface area contributed by atoms with Gasteiger partial charge in [-0.05, 0) is 50.9 Å². The maximum absolute atomic E-state index is 14.0. The molecule has 182 valence electrons. The topological polar surface area (TPSA) is 84.4 Å². The van der Waals surface area contributed by atoms with E-state index in [1.807, 2.05) is 0 Å². The number of nitrogens with zero attached hydrogens (tertiary/aromatic N) is 3. The second-order valence-corrected chi connectivity index (χ2v) is 10.7. The van der Waals surface area contributed by atoms with E-state index < -0.39 is 11.9 Å². The molecule has 7 nitrogen and oxygen atoms in total.